The number of nitrogens with one attached hydrogen (secondary N) is 1. The van der Waals surface area contributed by atoms with Crippen LogP contribution in [0, 0.1) is 11.6 Å². The summed E-state index contributed by atoms with van der Waals surface area (Å²) in [6.45, 7) is 8.19. The van der Waals surface area contributed by atoms with Crippen molar-refractivity contribution in [2.75, 3.05) is 5.32 Å². The molecule has 0 saturated heterocycles. The molecule has 6 nitrogen and oxygen atoms in total. The number of carbonyl (C=O) groups is 1. The van der Waals surface area contributed by atoms with Crippen LogP contribution in [0.2, 0.25) is 0 Å². The van der Waals surface area contributed by atoms with Gasteiger partial charge in [-0.2, -0.15) is 5.10 Å². The van der Waals surface area contributed by atoms with Crippen LogP contribution in [-0.4, -0.2) is 28.9 Å². The second-order valence-corrected chi connectivity index (χ2v) is 10.3. The summed E-state index contributed by atoms with van der Waals surface area (Å²) in [6.07, 6.45) is 0. The van der Waals surface area contributed by atoms with Crippen LogP contribution in [0.25, 0.3) is 0 Å². The molecule has 0 saturated carbocycles. The van der Waals surface area contributed by atoms with Gasteiger partial charge in [0.1, 0.15) is 27.1 Å². The van der Waals surface area contributed by atoms with E-state index in [-0.39, 0.29) is 5.41 Å². The summed E-state index contributed by atoms with van der Waals surface area (Å²) in [4.78, 5) is 12.0. The lowest BCUT2D eigenvalue weighted by Gasteiger charge is -2.24. The van der Waals surface area contributed by atoms with Crippen molar-refractivity contribution in [1.29, 1.82) is 0 Å². The molecule has 0 atom stereocenters. The van der Waals surface area contributed by atoms with Gasteiger partial charge in [-0.15, -0.1) is 0 Å². The Labute approximate surface area is 157 Å². The van der Waals surface area contributed by atoms with Gasteiger partial charge in [-0.1, -0.05) is 20.8 Å². The van der Waals surface area contributed by atoms with E-state index in [1.807, 2.05) is 20.8 Å². The fourth-order valence-electron chi connectivity index (χ4n) is 2.31. The van der Waals surface area contributed by atoms with Gasteiger partial charge in [0.2, 0.25) is 5.91 Å². The molecule has 27 heavy (non-hydrogen) atoms. The molecule has 0 aliphatic carbocycles. The lowest BCUT2D eigenvalue weighted by atomic mass is 9.92. The minimum atomic E-state index is -4.42. The standard InChI is InChI=1S/C18H23F2N3O3S/c1-17(2,3)14-10-15(23(6)22-14)21-16(24)18(4,5)27(25,26)13-8-7-11(19)9-12(13)20/h7-10H,1-6H3,(H,21,24). The summed E-state index contributed by atoms with van der Waals surface area (Å²) >= 11 is 0. The van der Waals surface area contributed by atoms with Crippen molar-refractivity contribution in [3.63, 3.8) is 0 Å². The van der Waals surface area contributed by atoms with Crippen LogP contribution in [0.5, 0.6) is 0 Å². The van der Waals surface area contributed by atoms with Crippen LogP contribution in [-0.2, 0) is 27.1 Å². The van der Waals surface area contributed by atoms with Gasteiger partial charge in [0, 0.05) is 24.6 Å². The van der Waals surface area contributed by atoms with Gasteiger partial charge in [0.25, 0.3) is 0 Å². The maximum Gasteiger partial charge on any atom is 0.246 e. The largest absolute Gasteiger partial charge is 0.310 e. The highest BCUT2D eigenvalue weighted by molar-refractivity contribution is 7.93. The van der Waals surface area contributed by atoms with E-state index in [0.29, 0.717) is 17.6 Å². The molecule has 1 amide bonds. The summed E-state index contributed by atoms with van der Waals surface area (Å²) in [5, 5.41) is 6.85. The van der Waals surface area contributed by atoms with Crippen molar-refractivity contribution in [1.82, 2.24) is 9.78 Å². The van der Waals surface area contributed by atoms with Crippen molar-refractivity contribution in [2.45, 2.75) is 49.7 Å². The van der Waals surface area contributed by atoms with Gasteiger partial charge in [-0.25, -0.2) is 17.2 Å². The van der Waals surface area contributed by atoms with Crippen LogP contribution < -0.4 is 5.32 Å². The molecule has 0 radical (unpaired) electrons. The molecule has 148 valence electrons. The molecule has 1 N–H and O–H groups in total. The molecule has 0 aliphatic heterocycles. The molecule has 1 heterocycles. The second kappa shape index (κ2) is 6.70. The van der Waals surface area contributed by atoms with Gasteiger partial charge >= 0.3 is 0 Å². The summed E-state index contributed by atoms with van der Waals surface area (Å²) < 4.78 is 52.2. The Kier molecular flexibility index (Phi) is 5.22. The smallest absolute Gasteiger partial charge is 0.246 e. The number of halogens is 2. The summed E-state index contributed by atoms with van der Waals surface area (Å²) in [5.74, 6) is -2.69. The van der Waals surface area contributed by atoms with Crippen LogP contribution >= 0.6 is 0 Å². The molecular formula is C18H23F2N3O3S. The highest BCUT2D eigenvalue weighted by Crippen LogP contribution is 2.30. The van der Waals surface area contributed by atoms with E-state index < -0.39 is 37.0 Å². The summed E-state index contributed by atoms with van der Waals surface area (Å²) in [6, 6.07) is 3.77. The molecule has 1 aromatic carbocycles. The summed E-state index contributed by atoms with van der Waals surface area (Å²) in [5.41, 5.74) is 0.449. The van der Waals surface area contributed by atoms with Crippen molar-refractivity contribution in [3.8, 4) is 0 Å². The molecule has 2 rings (SSSR count). The first-order chi connectivity index (χ1) is 12.2. The van der Waals surface area contributed by atoms with Crippen molar-refractivity contribution >= 4 is 21.6 Å². The number of carbonyl (C=O) groups excluding carboxylic acids is 1. The minimum absolute atomic E-state index is 0.264. The number of sulfone groups is 1. The van der Waals surface area contributed by atoms with Crippen molar-refractivity contribution in [2.24, 2.45) is 7.05 Å². The predicted octanol–water partition coefficient (Wildman–Crippen LogP) is 3.19. The number of anilines is 1. The van der Waals surface area contributed by atoms with E-state index in [0.717, 1.165) is 12.1 Å². The summed E-state index contributed by atoms with van der Waals surface area (Å²) in [7, 11) is -2.81. The molecule has 0 unspecified atom stereocenters. The van der Waals surface area contributed by atoms with Gasteiger partial charge in [-0.3, -0.25) is 9.48 Å². The monoisotopic (exact) mass is 399 g/mol. The van der Waals surface area contributed by atoms with E-state index in [1.54, 1.807) is 13.1 Å². The van der Waals surface area contributed by atoms with Crippen molar-refractivity contribution in [3.05, 3.63) is 41.6 Å². The maximum atomic E-state index is 14.0. The third-order valence-corrected chi connectivity index (χ3v) is 6.73. The van der Waals surface area contributed by atoms with E-state index in [1.165, 1.54) is 18.5 Å². The Bertz CT molecular complexity index is 990. The van der Waals surface area contributed by atoms with Crippen molar-refractivity contribution < 1.29 is 22.0 Å². The first kappa shape index (κ1) is 21.0. The first-order valence-corrected chi connectivity index (χ1v) is 9.72. The molecule has 2 aromatic rings. The van der Waals surface area contributed by atoms with E-state index in [9.17, 15) is 22.0 Å². The predicted molar refractivity (Wildman–Crippen MR) is 98.2 cm³/mol. The van der Waals surface area contributed by atoms with Gasteiger partial charge in [-0.05, 0) is 26.0 Å². The molecule has 9 heteroatoms. The number of rotatable bonds is 4. The first-order valence-electron chi connectivity index (χ1n) is 8.23. The number of amides is 1. The normalized spacial score (nSPS) is 12.9. The van der Waals surface area contributed by atoms with Gasteiger partial charge in [0.15, 0.2) is 9.84 Å². The SMILES string of the molecule is Cn1nc(C(C)(C)C)cc1NC(=O)C(C)(C)S(=O)(=O)c1ccc(F)cc1F. The Morgan fingerprint density at radius 2 is 1.70 bits per heavy atom. The van der Waals surface area contributed by atoms with Crippen LogP contribution in [0.4, 0.5) is 14.6 Å². The Balaban J connectivity index is 2.38. The number of aromatic nitrogens is 2. The number of hydrogen-bond acceptors (Lipinski definition) is 4. The van der Waals surface area contributed by atoms with Crippen LogP contribution in [0.15, 0.2) is 29.2 Å². The fraction of sp³-hybridized carbons (Fsp3) is 0.444. The van der Waals surface area contributed by atoms with Gasteiger partial charge < -0.3 is 5.32 Å². The highest BCUT2D eigenvalue weighted by Gasteiger charge is 2.44. The second-order valence-electron chi connectivity index (χ2n) is 7.83. The quantitative estimate of drug-likeness (QED) is 0.801. The minimum Gasteiger partial charge on any atom is -0.310 e. The average Bonchev–Trinajstić information content (AvgIpc) is 2.87. The van der Waals surface area contributed by atoms with E-state index in [2.05, 4.69) is 10.4 Å². The third-order valence-electron chi connectivity index (χ3n) is 4.29. The molecule has 0 bridgehead atoms. The molecule has 1 aromatic heterocycles. The number of nitrogens with zero attached hydrogens (tertiary/aromatic N) is 2. The van der Waals surface area contributed by atoms with Crippen LogP contribution in [0.3, 0.4) is 0 Å². The molecular weight excluding hydrogens is 376 g/mol. The lowest BCUT2D eigenvalue weighted by Crippen LogP contribution is -2.45. The Morgan fingerprint density at radius 3 is 2.19 bits per heavy atom. The van der Waals surface area contributed by atoms with E-state index >= 15 is 0 Å². The zero-order valence-electron chi connectivity index (χ0n) is 16.1. The number of aryl methyl sites for hydroxylation is 1. The van der Waals surface area contributed by atoms with E-state index in [4.69, 9.17) is 0 Å². The zero-order chi connectivity index (χ0) is 20.8. The van der Waals surface area contributed by atoms with Gasteiger partial charge in [0.05, 0.1) is 5.69 Å². The number of hydrogen-bond donors (Lipinski definition) is 1. The topological polar surface area (TPSA) is 81.1 Å². The molecule has 0 aliphatic rings. The Morgan fingerprint density at radius 1 is 1.11 bits per heavy atom. The van der Waals surface area contributed by atoms with Crippen LogP contribution in [0.1, 0.15) is 40.3 Å². The lowest BCUT2D eigenvalue weighted by molar-refractivity contribution is -0.117. The zero-order valence-corrected chi connectivity index (χ0v) is 16.9. The average molecular weight is 399 g/mol. The maximum absolute atomic E-state index is 14.0. The number of benzene rings is 1. The fourth-order valence-corrected chi connectivity index (χ4v) is 3.72. The highest BCUT2D eigenvalue weighted by atomic mass is 32.2. The Hall–Kier alpha value is -2.29. The molecule has 0 spiro atoms. The third kappa shape index (κ3) is 3.87. The molecule has 0 fully saturated rings.